The maximum atomic E-state index is 12.8. The van der Waals surface area contributed by atoms with Crippen LogP contribution in [0.3, 0.4) is 0 Å². The number of esters is 1. The smallest absolute Gasteiger partial charge is 0.341 e. The van der Waals surface area contributed by atoms with E-state index in [1.165, 1.54) is 28.0 Å². The molecule has 0 unspecified atom stereocenters. The number of aromatic nitrogens is 3. The van der Waals surface area contributed by atoms with Crippen LogP contribution in [0.4, 0.5) is 5.00 Å². The van der Waals surface area contributed by atoms with E-state index in [0.717, 1.165) is 48.4 Å². The molecule has 1 N–H and O–H groups in total. The number of hydrogen-bond donors (Lipinski definition) is 1. The van der Waals surface area contributed by atoms with E-state index >= 15 is 0 Å². The Balaban J connectivity index is 1.49. The highest BCUT2D eigenvalue weighted by atomic mass is 32.2. The maximum absolute atomic E-state index is 12.8. The fourth-order valence-corrected chi connectivity index (χ4v) is 6.03. The largest absolute Gasteiger partial charge is 0.469 e. The first kappa shape index (κ1) is 23.6. The molecule has 176 valence electrons. The lowest BCUT2D eigenvalue weighted by Gasteiger charge is -2.14. The quantitative estimate of drug-likeness (QED) is 0.348. The van der Waals surface area contributed by atoms with Crippen molar-refractivity contribution >= 4 is 40.0 Å². The number of rotatable bonds is 8. The van der Waals surface area contributed by atoms with Gasteiger partial charge in [0, 0.05) is 11.4 Å². The zero-order chi connectivity index (χ0) is 23.5. The Kier molecular flexibility index (Phi) is 7.23. The Morgan fingerprint density at radius 1 is 1.30 bits per heavy atom. The fraction of sp³-hybridized carbons (Fsp3) is 0.478. The topological polar surface area (TPSA) is 99.2 Å². The van der Waals surface area contributed by atoms with Gasteiger partial charge in [0.1, 0.15) is 10.8 Å². The number of nitrogens with zero attached hydrogens (tertiary/aromatic N) is 3. The van der Waals surface area contributed by atoms with E-state index in [1.807, 2.05) is 38.3 Å². The first-order chi connectivity index (χ1) is 15.9. The molecule has 0 saturated carbocycles. The van der Waals surface area contributed by atoms with Gasteiger partial charge in [-0.25, -0.2) is 4.79 Å². The minimum atomic E-state index is -0.363. The third-order valence-corrected chi connectivity index (χ3v) is 7.61. The van der Waals surface area contributed by atoms with Gasteiger partial charge in [-0.3, -0.25) is 4.79 Å². The van der Waals surface area contributed by atoms with Gasteiger partial charge >= 0.3 is 5.97 Å². The summed E-state index contributed by atoms with van der Waals surface area (Å²) in [5.41, 5.74) is 2.44. The van der Waals surface area contributed by atoms with Gasteiger partial charge in [-0.15, -0.1) is 21.5 Å². The van der Waals surface area contributed by atoms with Gasteiger partial charge in [0.25, 0.3) is 0 Å². The lowest BCUT2D eigenvalue weighted by molar-refractivity contribution is -0.113. The molecule has 33 heavy (non-hydrogen) atoms. The second-order valence-corrected chi connectivity index (χ2v) is 10.2. The predicted octanol–water partition coefficient (Wildman–Crippen LogP) is 5.10. The van der Waals surface area contributed by atoms with E-state index in [1.54, 1.807) is 6.26 Å². The van der Waals surface area contributed by atoms with Crippen LogP contribution < -0.4 is 5.32 Å². The number of furan rings is 1. The molecule has 0 atom stereocenters. The molecule has 0 radical (unpaired) electrons. The van der Waals surface area contributed by atoms with Gasteiger partial charge in [-0.1, -0.05) is 11.8 Å². The number of thiophene rings is 1. The van der Waals surface area contributed by atoms with Crippen molar-refractivity contribution in [2.45, 2.75) is 71.2 Å². The molecule has 0 spiro atoms. The van der Waals surface area contributed by atoms with Gasteiger partial charge in [0.05, 0.1) is 29.2 Å². The molecule has 0 saturated heterocycles. The molecular formula is C23H28N4O4S2. The van der Waals surface area contributed by atoms with Crippen LogP contribution in [-0.4, -0.2) is 38.5 Å². The molecule has 0 bridgehead atoms. The summed E-state index contributed by atoms with van der Waals surface area (Å²) in [5, 5.41) is 12.8. The Labute approximate surface area is 201 Å². The number of anilines is 1. The third kappa shape index (κ3) is 5.01. The second-order valence-electron chi connectivity index (χ2n) is 8.15. The molecule has 3 aromatic heterocycles. The summed E-state index contributed by atoms with van der Waals surface area (Å²) in [4.78, 5) is 26.8. The molecule has 3 aromatic rings. The van der Waals surface area contributed by atoms with Gasteiger partial charge < -0.3 is 19.0 Å². The van der Waals surface area contributed by atoms with Gasteiger partial charge in [0.2, 0.25) is 5.91 Å². The van der Waals surface area contributed by atoms with E-state index in [4.69, 9.17) is 9.15 Å². The number of aryl methyl sites for hydroxylation is 2. The maximum Gasteiger partial charge on any atom is 0.341 e. The van der Waals surface area contributed by atoms with Crippen LogP contribution in [0.2, 0.25) is 0 Å². The number of fused-ring (bicyclic) bond motifs is 1. The Morgan fingerprint density at radius 3 is 2.79 bits per heavy atom. The van der Waals surface area contributed by atoms with Crippen LogP contribution >= 0.6 is 23.1 Å². The number of carbonyl (C=O) groups excluding carboxylic acids is 2. The van der Waals surface area contributed by atoms with Crippen molar-refractivity contribution in [3.8, 4) is 11.4 Å². The summed E-state index contributed by atoms with van der Waals surface area (Å²) >= 11 is 2.81. The van der Waals surface area contributed by atoms with E-state index in [9.17, 15) is 9.59 Å². The lowest BCUT2D eigenvalue weighted by Crippen LogP contribution is -2.19. The van der Waals surface area contributed by atoms with Crippen LogP contribution in [0.15, 0.2) is 21.9 Å². The molecule has 1 amide bonds. The molecule has 4 rings (SSSR count). The monoisotopic (exact) mass is 488 g/mol. The van der Waals surface area contributed by atoms with E-state index in [2.05, 4.69) is 15.5 Å². The average Bonchev–Trinajstić information content (AvgIpc) is 3.47. The van der Waals surface area contributed by atoms with Crippen LogP contribution in [-0.2, 0) is 28.9 Å². The summed E-state index contributed by atoms with van der Waals surface area (Å²) in [6, 6.07) is 1.86. The highest BCUT2D eigenvalue weighted by Crippen LogP contribution is 2.39. The number of thioether (sulfide) groups is 1. The number of carbonyl (C=O) groups is 2. The number of hydrogen-bond acceptors (Lipinski definition) is 8. The van der Waals surface area contributed by atoms with Gasteiger partial charge in [-0.05, 0) is 65.0 Å². The molecule has 1 aliphatic carbocycles. The standard InChI is InChI=1S/C23H28N4O4S2/c1-5-27-20(15-10-11-30-14(15)4)25-26-23(27)32-12-18(28)24-21-19(22(29)31-13(2)3)16-8-6-7-9-17(16)33-21/h10-11,13H,5-9,12H2,1-4H3,(H,24,28). The second kappa shape index (κ2) is 10.1. The molecule has 8 nitrogen and oxygen atoms in total. The lowest BCUT2D eigenvalue weighted by atomic mass is 9.95. The summed E-state index contributed by atoms with van der Waals surface area (Å²) < 4.78 is 12.8. The zero-order valence-electron chi connectivity index (χ0n) is 19.3. The normalized spacial score (nSPS) is 13.2. The molecule has 10 heteroatoms. The molecular weight excluding hydrogens is 460 g/mol. The molecule has 0 fully saturated rings. The van der Waals surface area contributed by atoms with Crippen molar-refractivity contribution in [2.24, 2.45) is 0 Å². The van der Waals surface area contributed by atoms with Crippen LogP contribution in [0.5, 0.6) is 0 Å². The summed E-state index contributed by atoms with van der Waals surface area (Å²) in [5.74, 6) is 1.09. The van der Waals surface area contributed by atoms with Crippen molar-refractivity contribution in [3.05, 3.63) is 34.1 Å². The molecule has 1 aliphatic rings. The Hall–Kier alpha value is -2.59. The summed E-state index contributed by atoms with van der Waals surface area (Å²) in [7, 11) is 0. The molecule has 0 aromatic carbocycles. The minimum absolute atomic E-state index is 0.156. The predicted molar refractivity (Wildman–Crippen MR) is 129 cm³/mol. The fourth-order valence-electron chi connectivity index (χ4n) is 3.93. The molecule has 0 aliphatic heterocycles. The van der Waals surface area contributed by atoms with Crippen LogP contribution in [0.1, 0.15) is 60.2 Å². The van der Waals surface area contributed by atoms with E-state index in [0.29, 0.717) is 22.3 Å². The van der Waals surface area contributed by atoms with Crippen molar-refractivity contribution in [1.29, 1.82) is 0 Å². The van der Waals surface area contributed by atoms with Crippen LogP contribution in [0, 0.1) is 6.92 Å². The van der Waals surface area contributed by atoms with Crippen molar-refractivity contribution < 1.29 is 18.7 Å². The van der Waals surface area contributed by atoms with Gasteiger partial charge in [0.15, 0.2) is 11.0 Å². The highest BCUT2D eigenvalue weighted by molar-refractivity contribution is 7.99. The third-order valence-electron chi connectivity index (χ3n) is 5.44. The van der Waals surface area contributed by atoms with Crippen molar-refractivity contribution in [1.82, 2.24) is 14.8 Å². The summed E-state index contributed by atoms with van der Waals surface area (Å²) in [6.45, 7) is 8.21. The van der Waals surface area contributed by atoms with Gasteiger partial charge in [-0.2, -0.15) is 0 Å². The van der Waals surface area contributed by atoms with E-state index < -0.39 is 0 Å². The Bertz CT molecular complexity index is 1160. The Morgan fingerprint density at radius 2 is 2.09 bits per heavy atom. The molecule has 3 heterocycles. The highest BCUT2D eigenvalue weighted by Gasteiger charge is 2.28. The number of amides is 1. The number of nitrogens with one attached hydrogen (secondary N) is 1. The SMILES string of the molecule is CCn1c(SCC(=O)Nc2sc3c(c2C(=O)OC(C)C)CCCC3)nnc1-c1ccoc1C. The van der Waals surface area contributed by atoms with E-state index in [-0.39, 0.29) is 23.7 Å². The summed E-state index contributed by atoms with van der Waals surface area (Å²) in [6.07, 6.45) is 5.32. The zero-order valence-corrected chi connectivity index (χ0v) is 20.9. The van der Waals surface area contributed by atoms with Crippen LogP contribution in [0.25, 0.3) is 11.4 Å². The average molecular weight is 489 g/mol. The first-order valence-corrected chi connectivity index (χ1v) is 12.9. The first-order valence-electron chi connectivity index (χ1n) is 11.1. The van der Waals surface area contributed by atoms with Crippen molar-refractivity contribution in [3.63, 3.8) is 0 Å². The number of ether oxygens (including phenoxy) is 1. The minimum Gasteiger partial charge on any atom is -0.469 e. The van der Waals surface area contributed by atoms with Crippen molar-refractivity contribution in [2.75, 3.05) is 11.1 Å².